The maximum atomic E-state index is 13.3. The topological polar surface area (TPSA) is 149 Å². The zero-order valence-corrected chi connectivity index (χ0v) is 24.4. The number of hydrogen-bond donors (Lipinski definition) is 5. The highest BCUT2D eigenvalue weighted by Crippen LogP contribution is 2.35. The molecule has 0 bridgehead atoms. The van der Waals surface area contributed by atoms with E-state index in [0.29, 0.717) is 36.1 Å². The van der Waals surface area contributed by atoms with Gasteiger partial charge in [0.25, 0.3) is 0 Å². The standard InChI is InChI=1S/C28H35ClN6O5S/c1-40-25-15-19-7-9-20(30-11-13-36)8-6-18(19)14-24(25)33-28-31-16-22(29)27(34-28)32-23-4-2-3-5-26(23)41(38,39)35-12-10-21(37)17-35/h2-5,14-16,20-21,30,36-37H,6-13,17H2,1H3,(H2,31,32,33,34). The van der Waals surface area contributed by atoms with Gasteiger partial charge in [-0.25, -0.2) is 13.4 Å². The third-order valence-electron chi connectivity index (χ3n) is 7.47. The third kappa shape index (κ3) is 6.74. The first-order valence-electron chi connectivity index (χ1n) is 13.7. The van der Waals surface area contributed by atoms with E-state index in [1.54, 1.807) is 25.3 Å². The number of para-hydroxylation sites is 1. The highest BCUT2D eigenvalue weighted by molar-refractivity contribution is 7.89. The average molecular weight is 603 g/mol. The Bertz CT molecular complexity index is 1490. The van der Waals surface area contributed by atoms with Gasteiger partial charge in [-0.3, -0.25) is 0 Å². The molecule has 1 aliphatic heterocycles. The highest BCUT2D eigenvalue weighted by atomic mass is 35.5. The smallest absolute Gasteiger partial charge is 0.245 e. The van der Waals surface area contributed by atoms with E-state index in [1.807, 2.05) is 6.07 Å². The van der Waals surface area contributed by atoms with Crippen molar-refractivity contribution >= 4 is 44.8 Å². The van der Waals surface area contributed by atoms with Crippen molar-refractivity contribution in [3.63, 3.8) is 0 Å². The summed E-state index contributed by atoms with van der Waals surface area (Å²) in [6, 6.07) is 11.0. The summed E-state index contributed by atoms with van der Waals surface area (Å²) in [7, 11) is -2.24. The monoisotopic (exact) mass is 602 g/mol. The molecule has 11 nitrogen and oxygen atoms in total. The van der Waals surface area contributed by atoms with Crippen LogP contribution in [0.4, 0.5) is 23.1 Å². The van der Waals surface area contributed by atoms with Crippen LogP contribution in [0.15, 0.2) is 47.5 Å². The first kappa shape index (κ1) is 29.5. The Morgan fingerprint density at radius 1 is 1.10 bits per heavy atom. The van der Waals surface area contributed by atoms with Crippen LogP contribution in [0.1, 0.15) is 30.4 Å². The Balaban J connectivity index is 1.38. The minimum Gasteiger partial charge on any atom is -0.495 e. The molecule has 2 aromatic carbocycles. The number of aliphatic hydroxyl groups is 2. The number of halogens is 1. The van der Waals surface area contributed by atoms with Crippen molar-refractivity contribution in [3.05, 3.63) is 58.7 Å². The molecule has 2 atom stereocenters. The molecule has 2 aliphatic rings. The lowest BCUT2D eigenvalue weighted by Gasteiger charge is -2.19. The van der Waals surface area contributed by atoms with Crippen molar-refractivity contribution in [2.24, 2.45) is 0 Å². The lowest BCUT2D eigenvalue weighted by atomic mass is 10.0. The summed E-state index contributed by atoms with van der Waals surface area (Å²) in [4.78, 5) is 8.94. The molecular formula is C28H35ClN6O5S. The van der Waals surface area contributed by atoms with Gasteiger partial charge in [0, 0.05) is 25.7 Å². The Labute approximate surface area is 245 Å². The number of methoxy groups -OCH3 is 1. The minimum absolute atomic E-state index is 0.0570. The fraction of sp³-hybridized carbons (Fsp3) is 0.429. The van der Waals surface area contributed by atoms with Crippen molar-refractivity contribution < 1.29 is 23.4 Å². The molecule has 0 saturated carbocycles. The van der Waals surface area contributed by atoms with Gasteiger partial charge in [-0.1, -0.05) is 23.7 Å². The summed E-state index contributed by atoms with van der Waals surface area (Å²) in [5, 5.41) is 29.0. The molecule has 13 heteroatoms. The summed E-state index contributed by atoms with van der Waals surface area (Å²) in [6.45, 7) is 1.01. The Kier molecular flexibility index (Phi) is 9.27. The van der Waals surface area contributed by atoms with Gasteiger partial charge in [0.05, 0.1) is 37.4 Å². The zero-order chi connectivity index (χ0) is 29.0. The lowest BCUT2D eigenvalue weighted by molar-refractivity contribution is 0.189. The number of hydrogen-bond acceptors (Lipinski definition) is 10. The van der Waals surface area contributed by atoms with Crippen molar-refractivity contribution in [1.82, 2.24) is 19.6 Å². The number of aliphatic hydroxyl groups excluding tert-OH is 2. The van der Waals surface area contributed by atoms with E-state index in [1.165, 1.54) is 27.7 Å². The fourth-order valence-electron chi connectivity index (χ4n) is 5.30. The number of fused-ring (bicyclic) bond motifs is 1. The molecule has 1 aliphatic carbocycles. The number of benzene rings is 2. The van der Waals surface area contributed by atoms with Crippen molar-refractivity contribution in [2.45, 2.75) is 49.1 Å². The average Bonchev–Trinajstić information content (AvgIpc) is 3.32. The molecule has 220 valence electrons. The van der Waals surface area contributed by atoms with Gasteiger partial charge in [-0.05, 0) is 67.5 Å². The van der Waals surface area contributed by atoms with E-state index < -0.39 is 16.1 Å². The summed E-state index contributed by atoms with van der Waals surface area (Å²) in [5.74, 6) is 1.15. The van der Waals surface area contributed by atoms with Crippen LogP contribution in [0.25, 0.3) is 0 Å². The Morgan fingerprint density at radius 3 is 2.56 bits per heavy atom. The predicted molar refractivity (Wildman–Crippen MR) is 158 cm³/mol. The van der Waals surface area contributed by atoms with E-state index >= 15 is 0 Å². The van der Waals surface area contributed by atoms with Gasteiger partial charge in [-0.2, -0.15) is 9.29 Å². The fourth-order valence-corrected chi connectivity index (χ4v) is 7.08. The van der Waals surface area contributed by atoms with Gasteiger partial charge in [0.1, 0.15) is 15.7 Å². The second-order valence-corrected chi connectivity index (χ2v) is 12.5. The molecule has 0 radical (unpaired) electrons. The normalized spacial score (nSPS) is 19.4. The van der Waals surface area contributed by atoms with Crippen molar-refractivity contribution in [2.75, 3.05) is 44.0 Å². The van der Waals surface area contributed by atoms with Gasteiger partial charge >= 0.3 is 0 Å². The van der Waals surface area contributed by atoms with Gasteiger partial charge in [-0.15, -0.1) is 0 Å². The number of anilines is 4. The Morgan fingerprint density at radius 2 is 1.85 bits per heavy atom. The van der Waals surface area contributed by atoms with Crippen LogP contribution in [-0.2, 0) is 22.9 Å². The van der Waals surface area contributed by atoms with E-state index in [2.05, 4.69) is 32.0 Å². The molecule has 1 fully saturated rings. The van der Waals surface area contributed by atoms with Gasteiger partial charge < -0.3 is 30.9 Å². The number of β-amino-alcohol motifs (C(OH)–C–C–N with tert-alkyl or cyclic N) is 1. The number of nitrogens with zero attached hydrogens (tertiary/aromatic N) is 3. The van der Waals surface area contributed by atoms with Gasteiger partial charge in [0.15, 0.2) is 5.82 Å². The van der Waals surface area contributed by atoms with E-state index in [-0.39, 0.29) is 41.4 Å². The van der Waals surface area contributed by atoms with E-state index in [0.717, 1.165) is 25.7 Å². The molecule has 3 aromatic rings. The molecule has 41 heavy (non-hydrogen) atoms. The van der Waals surface area contributed by atoms with Crippen LogP contribution in [0.2, 0.25) is 5.02 Å². The number of nitrogens with one attached hydrogen (secondary N) is 3. The van der Waals surface area contributed by atoms with Crippen LogP contribution in [0.5, 0.6) is 5.75 Å². The SMILES string of the molecule is COc1cc2c(cc1Nc1ncc(Cl)c(Nc3ccccc3S(=O)(=O)N3CCC(O)C3)n1)CCC(NCCO)CC2. The molecule has 1 aromatic heterocycles. The van der Waals surface area contributed by atoms with Gasteiger partial charge in [0.2, 0.25) is 16.0 Å². The molecule has 2 heterocycles. The molecule has 0 amide bonds. The van der Waals surface area contributed by atoms with E-state index in [4.69, 9.17) is 21.4 Å². The molecule has 1 saturated heterocycles. The summed E-state index contributed by atoms with van der Waals surface area (Å²) >= 11 is 6.43. The second-order valence-electron chi connectivity index (χ2n) is 10.2. The highest BCUT2D eigenvalue weighted by Gasteiger charge is 2.33. The van der Waals surface area contributed by atoms with Crippen molar-refractivity contribution in [1.29, 1.82) is 0 Å². The quantitative estimate of drug-likeness (QED) is 0.219. The van der Waals surface area contributed by atoms with Crippen LogP contribution in [-0.4, -0.2) is 78.4 Å². The number of aromatic nitrogens is 2. The molecule has 5 rings (SSSR count). The first-order valence-corrected chi connectivity index (χ1v) is 15.5. The number of rotatable bonds is 10. The lowest BCUT2D eigenvalue weighted by Crippen LogP contribution is -2.31. The molecule has 5 N–H and O–H groups in total. The summed E-state index contributed by atoms with van der Waals surface area (Å²) in [6.07, 6.45) is 4.89. The van der Waals surface area contributed by atoms with Crippen molar-refractivity contribution in [3.8, 4) is 5.75 Å². The van der Waals surface area contributed by atoms with E-state index in [9.17, 15) is 13.5 Å². The molecule has 2 unspecified atom stereocenters. The van der Waals surface area contributed by atoms with Crippen LogP contribution in [0.3, 0.4) is 0 Å². The predicted octanol–water partition coefficient (Wildman–Crippen LogP) is 3.21. The summed E-state index contributed by atoms with van der Waals surface area (Å²) in [5.41, 5.74) is 3.45. The van der Waals surface area contributed by atoms with Crippen LogP contribution >= 0.6 is 11.6 Å². The largest absolute Gasteiger partial charge is 0.495 e. The minimum atomic E-state index is -3.85. The Hall–Kier alpha value is -3.00. The number of ether oxygens (including phenoxy) is 1. The van der Waals surface area contributed by atoms with Crippen LogP contribution < -0.4 is 20.7 Å². The van der Waals surface area contributed by atoms with Crippen LogP contribution in [0, 0.1) is 0 Å². The molecular weight excluding hydrogens is 568 g/mol. The maximum Gasteiger partial charge on any atom is 0.245 e. The maximum absolute atomic E-state index is 13.3. The third-order valence-corrected chi connectivity index (χ3v) is 9.67. The number of sulfonamides is 1. The first-order chi connectivity index (χ1) is 19.8. The number of aryl methyl sites for hydroxylation is 2. The molecule has 0 spiro atoms. The second kappa shape index (κ2) is 12.9. The zero-order valence-electron chi connectivity index (χ0n) is 22.8. The summed E-state index contributed by atoms with van der Waals surface area (Å²) < 4.78 is 33.6.